The van der Waals surface area contributed by atoms with Gasteiger partial charge in [0, 0.05) is 18.8 Å². The van der Waals surface area contributed by atoms with Crippen molar-refractivity contribution in [2.24, 2.45) is 17.8 Å². The Bertz CT molecular complexity index is 545. The molecule has 88 valence electrons. The molecule has 0 unspecified atom stereocenters. The number of alkyl halides is 1. The van der Waals surface area contributed by atoms with Crippen molar-refractivity contribution in [3.05, 3.63) is 36.5 Å². The Morgan fingerprint density at radius 1 is 1.41 bits per heavy atom. The number of amidine groups is 1. The Labute approximate surface area is 105 Å². The molecule has 0 aliphatic rings. The number of nitrogens with zero attached hydrogens (tertiary/aromatic N) is 3. The van der Waals surface area contributed by atoms with Crippen molar-refractivity contribution in [1.82, 2.24) is 9.78 Å². The fourth-order valence-corrected chi connectivity index (χ4v) is 1.59. The standard InChI is InChI=1S/C12H13ClN4/c1-17-7-6-11(16-17)9-4-2-3-5-10(9)15-12(14)8-13/h2-7H,8H2,1H3,(H2,14,15). The molecule has 0 aliphatic carbocycles. The summed E-state index contributed by atoms with van der Waals surface area (Å²) >= 11 is 5.63. The highest BCUT2D eigenvalue weighted by Crippen LogP contribution is 2.28. The number of halogens is 1. The SMILES string of the molecule is Cn1ccc(-c2ccccc2N=C(N)CCl)n1. The van der Waals surface area contributed by atoms with E-state index in [1.807, 2.05) is 43.6 Å². The summed E-state index contributed by atoms with van der Waals surface area (Å²) in [7, 11) is 1.88. The van der Waals surface area contributed by atoms with E-state index in [0.29, 0.717) is 5.84 Å². The summed E-state index contributed by atoms with van der Waals surface area (Å²) in [6.45, 7) is 0. The molecule has 4 nitrogen and oxygen atoms in total. The first kappa shape index (κ1) is 11.7. The Hall–Kier alpha value is -1.81. The summed E-state index contributed by atoms with van der Waals surface area (Å²) in [6, 6.07) is 9.64. The maximum absolute atomic E-state index is 5.65. The average Bonchev–Trinajstić information content (AvgIpc) is 2.76. The van der Waals surface area contributed by atoms with Gasteiger partial charge in [-0.1, -0.05) is 18.2 Å². The Kier molecular flexibility index (Phi) is 3.44. The van der Waals surface area contributed by atoms with Crippen molar-refractivity contribution in [2.75, 3.05) is 5.88 Å². The van der Waals surface area contributed by atoms with Crippen molar-refractivity contribution >= 4 is 23.1 Å². The van der Waals surface area contributed by atoms with Crippen molar-refractivity contribution in [2.45, 2.75) is 0 Å². The van der Waals surface area contributed by atoms with Crippen LogP contribution in [0.2, 0.25) is 0 Å². The third-order valence-electron chi connectivity index (χ3n) is 2.29. The molecule has 0 bridgehead atoms. The largest absolute Gasteiger partial charge is 0.386 e. The van der Waals surface area contributed by atoms with E-state index in [2.05, 4.69) is 10.1 Å². The number of aliphatic imine (C=N–C) groups is 1. The summed E-state index contributed by atoms with van der Waals surface area (Å²) < 4.78 is 1.75. The summed E-state index contributed by atoms with van der Waals surface area (Å²) in [4.78, 5) is 4.28. The fourth-order valence-electron chi connectivity index (χ4n) is 1.53. The first-order valence-corrected chi connectivity index (χ1v) is 5.72. The van der Waals surface area contributed by atoms with Crippen LogP contribution in [0.3, 0.4) is 0 Å². The summed E-state index contributed by atoms with van der Waals surface area (Å²) in [5, 5.41) is 4.35. The van der Waals surface area contributed by atoms with E-state index >= 15 is 0 Å². The molecule has 0 radical (unpaired) electrons. The zero-order valence-corrected chi connectivity index (χ0v) is 10.2. The van der Waals surface area contributed by atoms with Crippen LogP contribution in [0.4, 0.5) is 5.69 Å². The molecule has 0 fully saturated rings. The Morgan fingerprint density at radius 2 is 2.18 bits per heavy atom. The van der Waals surface area contributed by atoms with Gasteiger partial charge in [-0.3, -0.25) is 4.68 Å². The monoisotopic (exact) mass is 248 g/mol. The molecule has 0 saturated carbocycles. The zero-order chi connectivity index (χ0) is 12.3. The van der Waals surface area contributed by atoms with Crippen molar-refractivity contribution in [3.8, 4) is 11.3 Å². The smallest absolute Gasteiger partial charge is 0.115 e. The van der Waals surface area contributed by atoms with Gasteiger partial charge >= 0.3 is 0 Å². The second-order valence-corrected chi connectivity index (χ2v) is 3.90. The molecule has 0 amide bonds. The number of benzene rings is 1. The number of aryl methyl sites for hydroxylation is 1. The summed E-state index contributed by atoms with van der Waals surface area (Å²) in [5.74, 6) is 0.617. The van der Waals surface area contributed by atoms with Crippen LogP contribution < -0.4 is 5.73 Å². The minimum Gasteiger partial charge on any atom is -0.386 e. The van der Waals surface area contributed by atoms with Gasteiger partial charge in [0.05, 0.1) is 17.3 Å². The van der Waals surface area contributed by atoms with Crippen LogP contribution in [0.5, 0.6) is 0 Å². The van der Waals surface area contributed by atoms with E-state index in [1.165, 1.54) is 0 Å². The molecule has 2 aromatic rings. The highest BCUT2D eigenvalue weighted by molar-refractivity contribution is 6.28. The van der Waals surface area contributed by atoms with Crippen LogP contribution in [0, 0.1) is 0 Å². The molecule has 0 saturated heterocycles. The van der Waals surface area contributed by atoms with E-state index in [-0.39, 0.29) is 5.88 Å². The number of hydrogen-bond acceptors (Lipinski definition) is 2. The first-order chi connectivity index (χ1) is 8.20. The van der Waals surface area contributed by atoms with Crippen LogP contribution in [0.15, 0.2) is 41.5 Å². The quantitative estimate of drug-likeness (QED) is 0.515. The lowest BCUT2D eigenvalue weighted by Crippen LogP contribution is -2.12. The average molecular weight is 249 g/mol. The molecule has 1 aromatic carbocycles. The maximum atomic E-state index is 5.65. The van der Waals surface area contributed by atoms with Crippen LogP contribution in [-0.4, -0.2) is 21.5 Å². The molecular formula is C12H13ClN4. The number of para-hydroxylation sites is 1. The van der Waals surface area contributed by atoms with Crippen molar-refractivity contribution in [3.63, 3.8) is 0 Å². The molecule has 2 N–H and O–H groups in total. The molecule has 1 heterocycles. The zero-order valence-electron chi connectivity index (χ0n) is 9.47. The number of hydrogen-bond donors (Lipinski definition) is 1. The normalized spacial score (nSPS) is 11.8. The topological polar surface area (TPSA) is 56.2 Å². The van der Waals surface area contributed by atoms with Gasteiger partial charge < -0.3 is 5.73 Å². The van der Waals surface area contributed by atoms with E-state index in [0.717, 1.165) is 16.9 Å². The number of aromatic nitrogens is 2. The molecule has 1 aromatic heterocycles. The summed E-state index contributed by atoms with van der Waals surface area (Å²) in [5.41, 5.74) is 8.25. The van der Waals surface area contributed by atoms with E-state index in [1.54, 1.807) is 4.68 Å². The number of nitrogens with two attached hydrogens (primary N) is 1. The van der Waals surface area contributed by atoms with Crippen molar-refractivity contribution in [1.29, 1.82) is 0 Å². The van der Waals surface area contributed by atoms with Gasteiger partial charge in [0.1, 0.15) is 5.84 Å². The van der Waals surface area contributed by atoms with Gasteiger partial charge in [-0.2, -0.15) is 5.10 Å². The first-order valence-electron chi connectivity index (χ1n) is 5.19. The third-order valence-corrected chi connectivity index (χ3v) is 2.57. The number of rotatable bonds is 3. The maximum Gasteiger partial charge on any atom is 0.115 e. The Balaban J connectivity index is 2.48. The molecule has 5 heteroatoms. The minimum absolute atomic E-state index is 0.219. The van der Waals surface area contributed by atoms with Crippen LogP contribution in [-0.2, 0) is 7.05 Å². The lowest BCUT2D eigenvalue weighted by Gasteiger charge is -2.03. The van der Waals surface area contributed by atoms with Crippen LogP contribution >= 0.6 is 11.6 Å². The van der Waals surface area contributed by atoms with E-state index < -0.39 is 0 Å². The van der Waals surface area contributed by atoms with Crippen LogP contribution in [0.25, 0.3) is 11.3 Å². The third kappa shape index (κ3) is 2.65. The predicted octanol–water partition coefficient (Wildman–Crippen LogP) is 2.31. The summed E-state index contributed by atoms with van der Waals surface area (Å²) in [6.07, 6.45) is 1.89. The molecule has 2 rings (SSSR count). The lowest BCUT2D eigenvalue weighted by atomic mass is 10.1. The molecule has 0 atom stereocenters. The highest BCUT2D eigenvalue weighted by atomic mass is 35.5. The molecule has 0 spiro atoms. The molecule has 17 heavy (non-hydrogen) atoms. The minimum atomic E-state index is 0.219. The fraction of sp³-hybridized carbons (Fsp3) is 0.167. The lowest BCUT2D eigenvalue weighted by molar-refractivity contribution is 0.771. The van der Waals surface area contributed by atoms with Crippen molar-refractivity contribution < 1.29 is 0 Å². The van der Waals surface area contributed by atoms with Gasteiger partial charge in [0.15, 0.2) is 0 Å². The van der Waals surface area contributed by atoms with E-state index in [9.17, 15) is 0 Å². The molecular weight excluding hydrogens is 236 g/mol. The van der Waals surface area contributed by atoms with Gasteiger partial charge in [-0.15, -0.1) is 11.6 Å². The second-order valence-electron chi connectivity index (χ2n) is 3.63. The molecule has 0 aliphatic heterocycles. The Morgan fingerprint density at radius 3 is 2.82 bits per heavy atom. The predicted molar refractivity (Wildman–Crippen MR) is 70.6 cm³/mol. The highest BCUT2D eigenvalue weighted by Gasteiger charge is 2.06. The van der Waals surface area contributed by atoms with Crippen LogP contribution in [0.1, 0.15) is 0 Å². The van der Waals surface area contributed by atoms with Gasteiger partial charge in [0.25, 0.3) is 0 Å². The second kappa shape index (κ2) is 5.01. The van der Waals surface area contributed by atoms with E-state index in [4.69, 9.17) is 17.3 Å². The van der Waals surface area contributed by atoms with Gasteiger partial charge in [0.2, 0.25) is 0 Å². The van der Waals surface area contributed by atoms with Gasteiger partial charge in [-0.25, -0.2) is 4.99 Å². The van der Waals surface area contributed by atoms with Gasteiger partial charge in [-0.05, 0) is 12.1 Å².